The predicted molar refractivity (Wildman–Crippen MR) is 118 cm³/mol. The number of likely N-dealkylation sites (tertiary alicyclic amines) is 1. The number of anilines is 1. The van der Waals surface area contributed by atoms with Gasteiger partial charge in [-0.2, -0.15) is 0 Å². The van der Waals surface area contributed by atoms with Crippen LogP contribution in [0, 0.1) is 6.92 Å². The quantitative estimate of drug-likeness (QED) is 0.601. The summed E-state index contributed by atoms with van der Waals surface area (Å²) in [7, 11) is 2.16. The van der Waals surface area contributed by atoms with Crippen LogP contribution in [0.1, 0.15) is 36.3 Å². The van der Waals surface area contributed by atoms with Crippen LogP contribution >= 0.6 is 23.2 Å². The van der Waals surface area contributed by atoms with Crippen LogP contribution in [0.15, 0.2) is 36.4 Å². The Labute approximate surface area is 182 Å². The molecule has 2 aromatic carbocycles. The van der Waals surface area contributed by atoms with Gasteiger partial charge >= 0.3 is 0 Å². The van der Waals surface area contributed by atoms with Gasteiger partial charge in [-0.3, -0.25) is 4.79 Å². The second-order valence-corrected chi connectivity index (χ2v) is 8.92. The van der Waals surface area contributed by atoms with E-state index < -0.39 is 0 Å². The number of carbonyl (C=O) groups excluding carboxylic acids is 1. The monoisotopic (exact) mass is 432 g/mol. The number of halogens is 2. The maximum Gasteiger partial charge on any atom is 0.227 e. The van der Waals surface area contributed by atoms with E-state index in [1.807, 2.05) is 0 Å². The van der Waals surface area contributed by atoms with E-state index in [0.717, 1.165) is 25.2 Å². The van der Waals surface area contributed by atoms with Crippen molar-refractivity contribution in [3.8, 4) is 5.75 Å². The number of fused-ring (bicyclic) bond motifs is 3. The van der Waals surface area contributed by atoms with Crippen molar-refractivity contribution < 1.29 is 9.53 Å². The Kier molecular flexibility index (Phi) is 6.05. The van der Waals surface area contributed by atoms with E-state index in [-0.39, 0.29) is 11.9 Å². The second-order valence-electron chi connectivity index (χ2n) is 8.08. The summed E-state index contributed by atoms with van der Waals surface area (Å²) < 4.78 is 5.74. The predicted octanol–water partition coefficient (Wildman–Crippen LogP) is 5.30. The molecule has 6 heteroatoms. The number of amides is 1. The second kappa shape index (κ2) is 8.55. The van der Waals surface area contributed by atoms with E-state index in [0.29, 0.717) is 41.2 Å². The third-order valence-corrected chi connectivity index (χ3v) is 6.44. The molecular weight excluding hydrogens is 407 g/mol. The lowest BCUT2D eigenvalue weighted by Crippen LogP contribution is -2.47. The summed E-state index contributed by atoms with van der Waals surface area (Å²) in [6, 6.07) is 11.9. The van der Waals surface area contributed by atoms with Gasteiger partial charge in [0.05, 0.1) is 11.6 Å². The van der Waals surface area contributed by atoms with Crippen LogP contribution in [-0.2, 0) is 4.79 Å². The van der Waals surface area contributed by atoms with Gasteiger partial charge in [-0.25, -0.2) is 0 Å². The normalized spacial score (nSPS) is 21.0. The summed E-state index contributed by atoms with van der Waals surface area (Å²) >= 11 is 12.1. The molecule has 4 nitrogen and oxygen atoms in total. The summed E-state index contributed by atoms with van der Waals surface area (Å²) in [5, 5.41) is 1.06. The van der Waals surface area contributed by atoms with Crippen LogP contribution in [0.3, 0.4) is 0 Å². The van der Waals surface area contributed by atoms with Gasteiger partial charge in [-0.05, 0) is 63.2 Å². The molecule has 2 aliphatic rings. The van der Waals surface area contributed by atoms with Crippen molar-refractivity contribution in [2.45, 2.75) is 38.1 Å². The minimum atomic E-state index is 0.179. The fourth-order valence-electron chi connectivity index (χ4n) is 4.52. The topological polar surface area (TPSA) is 32.8 Å². The van der Waals surface area contributed by atoms with Crippen LogP contribution < -0.4 is 9.64 Å². The van der Waals surface area contributed by atoms with E-state index in [2.05, 4.69) is 42.0 Å². The van der Waals surface area contributed by atoms with Crippen molar-refractivity contribution in [1.82, 2.24) is 4.90 Å². The Balaban J connectivity index is 1.41. The Morgan fingerprint density at radius 3 is 2.83 bits per heavy atom. The lowest BCUT2D eigenvalue weighted by Gasteiger charge is -2.36. The maximum absolute atomic E-state index is 13.2. The molecule has 2 aromatic rings. The van der Waals surface area contributed by atoms with Gasteiger partial charge in [-0.1, -0.05) is 40.9 Å². The van der Waals surface area contributed by atoms with E-state index >= 15 is 0 Å². The molecule has 4 rings (SSSR count). The number of ether oxygens (including phenoxy) is 1. The number of piperidine rings is 1. The molecule has 1 amide bonds. The minimum absolute atomic E-state index is 0.179. The first-order chi connectivity index (χ1) is 13.9. The highest BCUT2D eigenvalue weighted by atomic mass is 35.5. The summed E-state index contributed by atoms with van der Waals surface area (Å²) in [5.41, 5.74) is 3.66. The van der Waals surface area contributed by atoms with Crippen LogP contribution in [0.5, 0.6) is 5.75 Å². The fourth-order valence-corrected chi connectivity index (χ4v) is 4.99. The molecule has 0 radical (unpaired) electrons. The molecule has 1 saturated heterocycles. The zero-order valence-electron chi connectivity index (χ0n) is 16.8. The molecule has 0 aromatic heterocycles. The number of aryl methyl sites for hydroxylation is 1. The van der Waals surface area contributed by atoms with Crippen molar-refractivity contribution in [1.29, 1.82) is 0 Å². The molecule has 2 aliphatic heterocycles. The summed E-state index contributed by atoms with van der Waals surface area (Å²) in [6.45, 7) is 4.59. The number of likely N-dealkylation sites (N-methyl/N-ethyl adjacent to an activating group) is 1. The average molecular weight is 433 g/mol. The van der Waals surface area contributed by atoms with Crippen molar-refractivity contribution in [2.24, 2.45) is 0 Å². The van der Waals surface area contributed by atoms with Crippen LogP contribution in [0.25, 0.3) is 0 Å². The SMILES string of the molecule is Cc1ccc2c(c1)[C@H]1CN(C)CC[C@@H]1N2C(=O)CCCOc1ccc(Cl)cc1Cl. The van der Waals surface area contributed by atoms with Gasteiger partial charge in [-0.15, -0.1) is 0 Å². The first-order valence-electron chi connectivity index (χ1n) is 10.1. The van der Waals surface area contributed by atoms with Crippen molar-refractivity contribution in [3.05, 3.63) is 57.6 Å². The highest BCUT2D eigenvalue weighted by Gasteiger charge is 2.43. The van der Waals surface area contributed by atoms with Gasteiger partial charge in [0.1, 0.15) is 5.75 Å². The van der Waals surface area contributed by atoms with Gasteiger partial charge in [0, 0.05) is 35.6 Å². The van der Waals surface area contributed by atoms with Crippen molar-refractivity contribution in [3.63, 3.8) is 0 Å². The lowest BCUT2D eigenvalue weighted by molar-refractivity contribution is -0.119. The van der Waals surface area contributed by atoms with Gasteiger partial charge < -0.3 is 14.5 Å². The maximum atomic E-state index is 13.2. The van der Waals surface area contributed by atoms with E-state index in [1.54, 1.807) is 18.2 Å². The highest BCUT2D eigenvalue weighted by Crippen LogP contribution is 2.45. The first kappa shape index (κ1) is 20.5. The third kappa shape index (κ3) is 4.25. The van der Waals surface area contributed by atoms with Gasteiger partial charge in [0.25, 0.3) is 0 Å². The zero-order valence-corrected chi connectivity index (χ0v) is 18.3. The average Bonchev–Trinajstić information content (AvgIpc) is 2.99. The van der Waals surface area contributed by atoms with E-state index in [4.69, 9.17) is 27.9 Å². The molecule has 2 heterocycles. The Bertz CT molecular complexity index is 918. The smallest absolute Gasteiger partial charge is 0.227 e. The molecule has 0 unspecified atom stereocenters. The molecule has 2 atom stereocenters. The lowest BCUT2D eigenvalue weighted by atomic mass is 9.89. The zero-order chi connectivity index (χ0) is 20.5. The van der Waals surface area contributed by atoms with Crippen LogP contribution in [0.2, 0.25) is 10.0 Å². The van der Waals surface area contributed by atoms with Crippen molar-refractivity contribution >= 4 is 34.8 Å². The number of hydrogen-bond donors (Lipinski definition) is 0. The standard InChI is InChI=1S/C23H26Cl2N2O2/c1-15-5-7-20-17(12-15)18-14-26(2)10-9-21(18)27(20)23(28)4-3-11-29-22-8-6-16(24)13-19(22)25/h5-8,12-13,18,21H,3-4,9-11,14H2,1-2H3/t18-,21+/m1/s1. The summed E-state index contributed by atoms with van der Waals surface area (Å²) in [5.74, 6) is 1.18. The van der Waals surface area contributed by atoms with Crippen LogP contribution in [-0.4, -0.2) is 43.6 Å². The molecule has 1 fully saturated rings. The summed E-state index contributed by atoms with van der Waals surface area (Å²) in [6.07, 6.45) is 2.11. The van der Waals surface area contributed by atoms with Gasteiger partial charge in [0.2, 0.25) is 5.91 Å². The number of nitrogens with zero attached hydrogens (tertiary/aromatic N) is 2. The fraction of sp³-hybridized carbons (Fsp3) is 0.435. The molecule has 0 spiro atoms. The largest absolute Gasteiger partial charge is 0.492 e. The first-order valence-corrected chi connectivity index (χ1v) is 10.9. The van der Waals surface area contributed by atoms with E-state index in [9.17, 15) is 4.79 Å². The molecule has 0 N–H and O–H groups in total. The third-order valence-electron chi connectivity index (χ3n) is 5.91. The Hall–Kier alpha value is -1.75. The van der Waals surface area contributed by atoms with E-state index in [1.165, 1.54) is 11.1 Å². The van der Waals surface area contributed by atoms with Crippen LogP contribution in [0.4, 0.5) is 5.69 Å². The Morgan fingerprint density at radius 2 is 2.03 bits per heavy atom. The summed E-state index contributed by atoms with van der Waals surface area (Å²) in [4.78, 5) is 17.6. The van der Waals surface area contributed by atoms with Gasteiger partial charge in [0.15, 0.2) is 0 Å². The Morgan fingerprint density at radius 1 is 1.21 bits per heavy atom. The molecular formula is C23H26Cl2N2O2. The minimum Gasteiger partial charge on any atom is -0.492 e. The molecule has 29 heavy (non-hydrogen) atoms. The number of rotatable bonds is 5. The number of hydrogen-bond acceptors (Lipinski definition) is 3. The number of carbonyl (C=O) groups is 1. The van der Waals surface area contributed by atoms with Crippen molar-refractivity contribution in [2.75, 3.05) is 31.6 Å². The molecule has 0 aliphatic carbocycles. The molecule has 0 saturated carbocycles. The highest BCUT2D eigenvalue weighted by molar-refractivity contribution is 6.35. The molecule has 0 bridgehead atoms. The molecule has 154 valence electrons. The number of benzene rings is 2.